The largest absolute Gasteiger partial charge is 0.478 e. The van der Waals surface area contributed by atoms with Crippen LogP contribution in [0.5, 0.6) is 0 Å². The Hall–Kier alpha value is -1.18. The maximum atomic E-state index is 11.0. The molecular weight excluding hydrogens is 282 g/mol. The van der Waals surface area contributed by atoms with Crippen LogP contribution in [0.15, 0.2) is 21.5 Å². The van der Waals surface area contributed by atoms with Gasteiger partial charge in [-0.3, -0.25) is 0 Å². The number of aromatic carboxylic acids is 1. The molecular formula is C9H6ClN3O2S2. The van der Waals surface area contributed by atoms with E-state index >= 15 is 0 Å². The first-order valence-corrected chi connectivity index (χ1v) is 6.45. The molecule has 0 radical (unpaired) electrons. The molecule has 2 aromatic heterocycles. The smallest absolute Gasteiger partial charge is 0.338 e. The third-order valence-electron chi connectivity index (χ3n) is 1.75. The summed E-state index contributed by atoms with van der Waals surface area (Å²) in [4.78, 5) is 15.0. The van der Waals surface area contributed by atoms with E-state index in [1.165, 1.54) is 23.5 Å². The third kappa shape index (κ3) is 2.93. The van der Waals surface area contributed by atoms with Gasteiger partial charge in [0, 0.05) is 0 Å². The van der Waals surface area contributed by atoms with E-state index in [0.717, 1.165) is 16.8 Å². The van der Waals surface area contributed by atoms with Gasteiger partial charge < -0.3 is 5.11 Å². The molecule has 2 heterocycles. The zero-order valence-corrected chi connectivity index (χ0v) is 10.9. The van der Waals surface area contributed by atoms with Gasteiger partial charge in [-0.25, -0.2) is 9.78 Å². The number of carboxylic acids is 1. The van der Waals surface area contributed by atoms with Crippen molar-refractivity contribution in [2.45, 2.75) is 16.3 Å². The van der Waals surface area contributed by atoms with Gasteiger partial charge >= 0.3 is 5.97 Å². The van der Waals surface area contributed by atoms with Gasteiger partial charge in [0.1, 0.15) is 15.2 Å². The van der Waals surface area contributed by atoms with E-state index < -0.39 is 5.97 Å². The zero-order valence-electron chi connectivity index (χ0n) is 8.55. The van der Waals surface area contributed by atoms with Crippen LogP contribution < -0.4 is 0 Å². The minimum Gasteiger partial charge on any atom is -0.478 e. The van der Waals surface area contributed by atoms with Gasteiger partial charge in [-0.1, -0.05) is 22.9 Å². The van der Waals surface area contributed by atoms with Crippen LogP contribution in [-0.2, 0) is 0 Å². The van der Waals surface area contributed by atoms with Crippen molar-refractivity contribution in [3.05, 3.63) is 27.9 Å². The fourth-order valence-electron chi connectivity index (χ4n) is 1.06. The topological polar surface area (TPSA) is 76.0 Å². The third-order valence-corrected chi connectivity index (χ3v) is 3.85. The Kier molecular flexibility index (Phi) is 3.60. The lowest BCUT2D eigenvalue weighted by Gasteiger charge is -2.02. The summed E-state index contributed by atoms with van der Waals surface area (Å²) < 4.78 is 0.639. The quantitative estimate of drug-likeness (QED) is 0.875. The number of hydrogen-bond donors (Lipinski definition) is 1. The van der Waals surface area contributed by atoms with Gasteiger partial charge in [-0.05, 0) is 30.8 Å². The van der Waals surface area contributed by atoms with Crippen LogP contribution in [-0.4, -0.2) is 26.3 Å². The van der Waals surface area contributed by atoms with Gasteiger partial charge in [-0.2, -0.15) is 0 Å². The maximum Gasteiger partial charge on any atom is 0.338 e. The molecule has 1 N–H and O–H groups in total. The maximum absolute atomic E-state index is 11.0. The van der Waals surface area contributed by atoms with Gasteiger partial charge in [0.05, 0.1) is 5.56 Å². The first-order chi connectivity index (χ1) is 8.06. The molecule has 0 aliphatic rings. The number of nitrogens with zero attached hydrogens (tertiary/aromatic N) is 3. The van der Waals surface area contributed by atoms with E-state index in [1.54, 1.807) is 0 Å². The number of aromatic nitrogens is 3. The fourth-order valence-corrected chi connectivity index (χ4v) is 3.10. The molecule has 0 aromatic carbocycles. The van der Waals surface area contributed by atoms with Gasteiger partial charge in [0.15, 0.2) is 4.34 Å². The number of rotatable bonds is 3. The molecule has 0 saturated heterocycles. The molecule has 88 valence electrons. The fraction of sp³-hybridized carbons (Fsp3) is 0.111. The van der Waals surface area contributed by atoms with Crippen molar-refractivity contribution < 1.29 is 9.90 Å². The predicted molar refractivity (Wildman–Crippen MR) is 65.0 cm³/mol. The van der Waals surface area contributed by atoms with Crippen LogP contribution >= 0.6 is 34.7 Å². The van der Waals surface area contributed by atoms with Gasteiger partial charge in [0.2, 0.25) is 0 Å². The van der Waals surface area contributed by atoms with Gasteiger partial charge in [0.25, 0.3) is 0 Å². The summed E-state index contributed by atoms with van der Waals surface area (Å²) in [7, 11) is 0. The Balaban J connectivity index is 2.37. The van der Waals surface area contributed by atoms with Crippen molar-refractivity contribution >= 4 is 40.7 Å². The van der Waals surface area contributed by atoms with Crippen molar-refractivity contribution in [1.29, 1.82) is 0 Å². The summed E-state index contributed by atoms with van der Waals surface area (Å²) in [6.45, 7) is 1.82. The standard InChI is InChI=1S/C9H6ClN3O2S2/c1-4-12-13-9(16-4)17-7-5(8(14)15)2-3-6(10)11-7/h2-3H,1H3,(H,14,15). The lowest BCUT2D eigenvalue weighted by atomic mass is 10.3. The van der Waals surface area contributed by atoms with Crippen molar-refractivity contribution in [1.82, 2.24) is 15.2 Å². The minimum absolute atomic E-state index is 0.104. The molecule has 0 aliphatic heterocycles. The van der Waals surface area contributed by atoms with E-state index in [1.807, 2.05) is 6.92 Å². The number of hydrogen-bond acceptors (Lipinski definition) is 6. The normalized spacial score (nSPS) is 10.5. The van der Waals surface area contributed by atoms with Crippen molar-refractivity contribution in [2.75, 3.05) is 0 Å². The molecule has 0 saturated carbocycles. The highest BCUT2D eigenvalue weighted by Crippen LogP contribution is 2.31. The van der Waals surface area contributed by atoms with E-state index in [2.05, 4.69) is 15.2 Å². The van der Waals surface area contributed by atoms with Crippen LogP contribution in [0.1, 0.15) is 15.4 Å². The van der Waals surface area contributed by atoms with Crippen molar-refractivity contribution in [3.63, 3.8) is 0 Å². The Labute approximate surface area is 110 Å². The minimum atomic E-state index is -1.04. The molecule has 5 nitrogen and oxygen atoms in total. The first kappa shape index (κ1) is 12.3. The lowest BCUT2D eigenvalue weighted by molar-refractivity contribution is 0.0692. The number of carbonyl (C=O) groups is 1. The molecule has 0 spiro atoms. The predicted octanol–water partition coefficient (Wildman–Crippen LogP) is 2.74. The van der Waals surface area contributed by atoms with Crippen LogP contribution in [0.25, 0.3) is 0 Å². The Morgan fingerprint density at radius 3 is 2.82 bits per heavy atom. The SMILES string of the molecule is Cc1nnc(Sc2nc(Cl)ccc2C(=O)O)s1. The molecule has 2 rings (SSSR count). The Bertz CT molecular complexity index is 573. The van der Waals surface area contributed by atoms with E-state index in [9.17, 15) is 4.79 Å². The molecule has 0 atom stereocenters. The summed E-state index contributed by atoms with van der Waals surface area (Å²) in [5.74, 6) is -1.04. The average molecular weight is 288 g/mol. The van der Waals surface area contributed by atoms with Crippen molar-refractivity contribution in [2.24, 2.45) is 0 Å². The van der Waals surface area contributed by atoms with E-state index in [0.29, 0.717) is 9.37 Å². The molecule has 8 heteroatoms. The van der Waals surface area contributed by atoms with Crippen LogP contribution in [0.2, 0.25) is 5.15 Å². The molecule has 0 unspecified atom stereocenters. The number of halogens is 1. The zero-order chi connectivity index (χ0) is 12.4. The average Bonchev–Trinajstić information content (AvgIpc) is 2.63. The second-order valence-corrected chi connectivity index (χ2v) is 5.79. The highest BCUT2D eigenvalue weighted by Gasteiger charge is 2.15. The summed E-state index contributed by atoms with van der Waals surface area (Å²) in [6, 6.07) is 2.87. The second-order valence-electron chi connectivity index (χ2n) is 2.98. The van der Waals surface area contributed by atoms with Crippen LogP contribution in [0, 0.1) is 6.92 Å². The molecule has 17 heavy (non-hydrogen) atoms. The summed E-state index contributed by atoms with van der Waals surface area (Å²) >= 11 is 8.26. The summed E-state index contributed by atoms with van der Waals surface area (Å²) in [5, 5.41) is 18.1. The summed E-state index contributed by atoms with van der Waals surface area (Å²) in [6.07, 6.45) is 0. The van der Waals surface area contributed by atoms with Crippen molar-refractivity contribution in [3.8, 4) is 0 Å². The molecule has 0 aliphatic carbocycles. The highest BCUT2D eigenvalue weighted by molar-refractivity contribution is 8.01. The monoisotopic (exact) mass is 287 g/mol. The highest BCUT2D eigenvalue weighted by atomic mass is 35.5. The molecule has 2 aromatic rings. The summed E-state index contributed by atoms with van der Waals surface area (Å²) in [5.41, 5.74) is 0.104. The Morgan fingerprint density at radius 1 is 1.47 bits per heavy atom. The number of carboxylic acid groups (broad SMARTS) is 1. The number of pyridine rings is 1. The second kappa shape index (κ2) is 4.99. The van der Waals surface area contributed by atoms with Crippen LogP contribution in [0.3, 0.4) is 0 Å². The first-order valence-electron chi connectivity index (χ1n) is 4.44. The molecule has 0 bridgehead atoms. The Morgan fingerprint density at radius 2 is 2.24 bits per heavy atom. The molecule has 0 fully saturated rings. The van der Waals surface area contributed by atoms with Crippen LogP contribution in [0.4, 0.5) is 0 Å². The lowest BCUT2D eigenvalue weighted by Crippen LogP contribution is -2.00. The van der Waals surface area contributed by atoms with E-state index in [4.69, 9.17) is 16.7 Å². The van der Waals surface area contributed by atoms with E-state index in [-0.39, 0.29) is 10.7 Å². The molecule has 0 amide bonds. The number of aryl methyl sites for hydroxylation is 1. The van der Waals surface area contributed by atoms with Gasteiger partial charge in [-0.15, -0.1) is 10.2 Å².